The van der Waals surface area contributed by atoms with Gasteiger partial charge in [0, 0.05) is 26.1 Å². The largest absolute Gasteiger partial charge is 0.355 e. The maximum absolute atomic E-state index is 12.3. The van der Waals surface area contributed by atoms with Crippen molar-refractivity contribution in [3.63, 3.8) is 0 Å². The summed E-state index contributed by atoms with van der Waals surface area (Å²) in [4.78, 5) is 16.2. The first-order valence-corrected chi connectivity index (χ1v) is 6.66. The summed E-state index contributed by atoms with van der Waals surface area (Å²) in [5.41, 5.74) is 2.31. The third-order valence-electron chi connectivity index (χ3n) is 3.47. The van der Waals surface area contributed by atoms with Crippen molar-refractivity contribution in [3.05, 3.63) is 47.6 Å². The van der Waals surface area contributed by atoms with Crippen LogP contribution in [-0.4, -0.2) is 29.1 Å². The van der Waals surface area contributed by atoms with Crippen LogP contribution in [0.25, 0.3) is 0 Å². The first-order valence-electron chi connectivity index (χ1n) is 6.66. The first-order chi connectivity index (χ1) is 9.84. The number of amides is 1. The first kappa shape index (κ1) is 12.8. The van der Waals surface area contributed by atoms with Gasteiger partial charge in [0.2, 0.25) is 12.3 Å². The van der Waals surface area contributed by atoms with E-state index < -0.39 is 0 Å². The Morgan fingerprint density at radius 1 is 1.45 bits per heavy atom. The van der Waals surface area contributed by atoms with Crippen LogP contribution in [0.5, 0.6) is 0 Å². The Labute approximate surface area is 116 Å². The Kier molecular flexibility index (Phi) is 3.73. The van der Waals surface area contributed by atoms with Crippen molar-refractivity contribution in [1.82, 2.24) is 20.8 Å². The molecule has 1 aliphatic heterocycles. The average Bonchev–Trinajstić information content (AvgIpc) is 3.00. The van der Waals surface area contributed by atoms with Crippen molar-refractivity contribution in [1.29, 1.82) is 0 Å². The van der Waals surface area contributed by atoms with Gasteiger partial charge >= 0.3 is 0 Å². The second-order valence-electron chi connectivity index (χ2n) is 4.77. The lowest BCUT2D eigenvalue weighted by Crippen LogP contribution is -2.39. The average molecular weight is 272 g/mol. The minimum Gasteiger partial charge on any atom is -0.355 e. The Balaban J connectivity index is 1.60. The van der Waals surface area contributed by atoms with Gasteiger partial charge in [-0.25, -0.2) is 0 Å². The highest BCUT2D eigenvalue weighted by molar-refractivity contribution is 5.84. The molecule has 1 atom stereocenters. The van der Waals surface area contributed by atoms with Gasteiger partial charge in [0.25, 0.3) is 0 Å². The van der Waals surface area contributed by atoms with Crippen molar-refractivity contribution in [3.8, 4) is 0 Å². The van der Waals surface area contributed by atoms with Gasteiger partial charge in [-0.3, -0.25) is 4.79 Å². The van der Waals surface area contributed by atoms with Crippen molar-refractivity contribution in [2.75, 3.05) is 13.1 Å². The molecule has 6 nitrogen and oxygen atoms in total. The van der Waals surface area contributed by atoms with E-state index in [9.17, 15) is 4.79 Å². The van der Waals surface area contributed by atoms with Crippen LogP contribution in [0.4, 0.5) is 0 Å². The second kappa shape index (κ2) is 5.83. The van der Waals surface area contributed by atoms with Crippen LogP contribution in [-0.2, 0) is 17.8 Å². The molecule has 3 rings (SSSR count). The number of carbonyl (C=O) groups excluding carboxylic acids is 1. The predicted octanol–water partition coefficient (Wildman–Crippen LogP) is 0.615. The molecule has 1 aliphatic rings. The fraction of sp³-hybridized carbons (Fsp3) is 0.357. The predicted molar refractivity (Wildman–Crippen MR) is 71.9 cm³/mol. The summed E-state index contributed by atoms with van der Waals surface area (Å²) >= 11 is 0. The normalized spacial score (nSPS) is 17.5. The van der Waals surface area contributed by atoms with E-state index in [4.69, 9.17) is 0 Å². The lowest BCUT2D eigenvalue weighted by atomic mass is 9.90. The number of nitrogens with zero attached hydrogens (tertiary/aromatic N) is 2. The van der Waals surface area contributed by atoms with E-state index in [1.807, 2.05) is 18.2 Å². The molecule has 0 bridgehead atoms. The zero-order valence-electron chi connectivity index (χ0n) is 11.0. The van der Waals surface area contributed by atoms with E-state index in [0.29, 0.717) is 25.3 Å². The molecular weight excluding hydrogens is 256 g/mol. The molecule has 2 heterocycles. The van der Waals surface area contributed by atoms with Crippen molar-refractivity contribution in [2.45, 2.75) is 18.9 Å². The zero-order chi connectivity index (χ0) is 13.8. The number of aromatic nitrogens is 2. The molecule has 6 heteroatoms. The van der Waals surface area contributed by atoms with Crippen LogP contribution in [0.1, 0.15) is 22.9 Å². The topological polar surface area (TPSA) is 80.1 Å². The van der Waals surface area contributed by atoms with Gasteiger partial charge in [-0.15, -0.1) is 0 Å². The molecule has 2 aromatic rings. The van der Waals surface area contributed by atoms with Crippen LogP contribution in [0.2, 0.25) is 0 Å². The van der Waals surface area contributed by atoms with Gasteiger partial charge in [0.1, 0.15) is 0 Å². The molecule has 0 radical (unpaired) electrons. The smallest absolute Gasteiger partial charge is 0.228 e. The van der Waals surface area contributed by atoms with E-state index >= 15 is 0 Å². The number of benzene rings is 1. The molecule has 0 fully saturated rings. The molecule has 0 saturated carbocycles. The van der Waals surface area contributed by atoms with Gasteiger partial charge in [0.15, 0.2) is 5.82 Å². The molecule has 1 aromatic heterocycles. The van der Waals surface area contributed by atoms with Crippen molar-refractivity contribution >= 4 is 5.91 Å². The molecule has 104 valence electrons. The van der Waals surface area contributed by atoms with Gasteiger partial charge in [-0.2, -0.15) is 4.98 Å². The SMILES string of the molecule is O=C(NCCc1ncon1)C1CNCc2ccccc21. The molecule has 2 N–H and O–H groups in total. The highest BCUT2D eigenvalue weighted by Gasteiger charge is 2.25. The van der Waals surface area contributed by atoms with Gasteiger partial charge in [-0.1, -0.05) is 29.4 Å². The molecule has 20 heavy (non-hydrogen) atoms. The Bertz CT molecular complexity index is 583. The van der Waals surface area contributed by atoms with E-state index in [-0.39, 0.29) is 11.8 Å². The number of carbonyl (C=O) groups is 1. The van der Waals surface area contributed by atoms with Crippen LogP contribution in [0, 0.1) is 0 Å². The summed E-state index contributed by atoms with van der Waals surface area (Å²) in [6.07, 6.45) is 1.86. The molecule has 1 unspecified atom stereocenters. The van der Waals surface area contributed by atoms with Crippen LogP contribution in [0.3, 0.4) is 0 Å². The Hall–Kier alpha value is -2.21. The van der Waals surface area contributed by atoms with Crippen LogP contribution in [0.15, 0.2) is 35.2 Å². The van der Waals surface area contributed by atoms with E-state index in [1.54, 1.807) is 0 Å². The summed E-state index contributed by atoms with van der Waals surface area (Å²) in [6.45, 7) is 2.00. The fourth-order valence-corrected chi connectivity index (χ4v) is 2.45. The number of fused-ring (bicyclic) bond motifs is 1. The maximum Gasteiger partial charge on any atom is 0.228 e. The summed E-state index contributed by atoms with van der Waals surface area (Å²) in [7, 11) is 0. The fourth-order valence-electron chi connectivity index (χ4n) is 2.45. The summed E-state index contributed by atoms with van der Waals surface area (Å²) < 4.78 is 4.65. The third kappa shape index (κ3) is 2.70. The number of hydrogen-bond donors (Lipinski definition) is 2. The highest BCUT2D eigenvalue weighted by atomic mass is 16.5. The standard InChI is InChI=1S/C14H16N4O2/c19-14(16-6-5-13-17-9-20-18-13)12-8-15-7-10-3-1-2-4-11(10)12/h1-4,9,12,15H,5-8H2,(H,16,19). The van der Waals surface area contributed by atoms with E-state index in [0.717, 1.165) is 12.1 Å². The highest BCUT2D eigenvalue weighted by Crippen LogP contribution is 2.23. The summed E-state index contributed by atoms with van der Waals surface area (Å²) in [5.74, 6) is 0.505. The minimum absolute atomic E-state index is 0.0353. The second-order valence-corrected chi connectivity index (χ2v) is 4.77. The molecule has 1 aromatic carbocycles. The molecular formula is C14H16N4O2. The number of rotatable bonds is 4. The lowest BCUT2D eigenvalue weighted by molar-refractivity contribution is -0.122. The van der Waals surface area contributed by atoms with Gasteiger partial charge < -0.3 is 15.2 Å². The van der Waals surface area contributed by atoms with E-state index in [1.165, 1.54) is 12.0 Å². The molecule has 0 aliphatic carbocycles. The maximum atomic E-state index is 12.3. The lowest BCUT2D eigenvalue weighted by Gasteiger charge is -2.25. The zero-order valence-corrected chi connectivity index (χ0v) is 11.0. The van der Waals surface area contributed by atoms with Crippen molar-refractivity contribution < 1.29 is 9.32 Å². The quantitative estimate of drug-likeness (QED) is 0.852. The number of hydrogen-bond acceptors (Lipinski definition) is 5. The van der Waals surface area contributed by atoms with Crippen LogP contribution >= 0.6 is 0 Å². The molecule has 1 amide bonds. The molecule has 0 spiro atoms. The summed E-state index contributed by atoms with van der Waals surface area (Å²) in [6, 6.07) is 8.06. The Morgan fingerprint density at radius 2 is 2.35 bits per heavy atom. The Morgan fingerprint density at radius 3 is 3.20 bits per heavy atom. The van der Waals surface area contributed by atoms with E-state index in [2.05, 4.69) is 31.4 Å². The third-order valence-corrected chi connectivity index (χ3v) is 3.47. The summed E-state index contributed by atoms with van der Waals surface area (Å²) in [5, 5.41) is 9.92. The number of nitrogens with one attached hydrogen (secondary N) is 2. The van der Waals surface area contributed by atoms with Gasteiger partial charge in [0.05, 0.1) is 5.92 Å². The molecule has 0 saturated heterocycles. The minimum atomic E-state index is -0.134. The van der Waals surface area contributed by atoms with Crippen LogP contribution < -0.4 is 10.6 Å². The van der Waals surface area contributed by atoms with Crippen molar-refractivity contribution in [2.24, 2.45) is 0 Å². The van der Waals surface area contributed by atoms with Gasteiger partial charge in [-0.05, 0) is 11.1 Å². The monoisotopic (exact) mass is 272 g/mol.